The van der Waals surface area contributed by atoms with E-state index in [0.29, 0.717) is 30.7 Å². The predicted molar refractivity (Wildman–Crippen MR) is 220 cm³/mol. The molecule has 6 bridgehead atoms. The molecular formula is C43H55N7O8S. The number of hydrogen-bond donors (Lipinski definition) is 3. The molecule has 2 saturated carbocycles. The van der Waals surface area contributed by atoms with Crippen molar-refractivity contribution in [2.45, 2.75) is 120 Å². The highest BCUT2D eigenvalue weighted by Gasteiger charge is 2.62. The molecule has 5 atom stereocenters. The quantitative estimate of drug-likeness (QED) is 0.245. The van der Waals surface area contributed by atoms with Gasteiger partial charge in [0.2, 0.25) is 21.8 Å². The van der Waals surface area contributed by atoms with E-state index in [1.54, 1.807) is 25.8 Å². The van der Waals surface area contributed by atoms with E-state index in [2.05, 4.69) is 28.0 Å². The fourth-order valence-electron chi connectivity index (χ4n) is 8.28. The minimum Gasteiger partial charge on any atom is -0.496 e. The third kappa shape index (κ3) is 8.87. The van der Waals surface area contributed by atoms with E-state index in [-0.39, 0.29) is 19.4 Å². The Labute approximate surface area is 345 Å². The monoisotopic (exact) mass is 829 g/mol. The molecule has 7 rings (SSSR count). The van der Waals surface area contributed by atoms with Crippen molar-refractivity contribution >= 4 is 33.8 Å². The first-order chi connectivity index (χ1) is 28.1. The summed E-state index contributed by atoms with van der Waals surface area (Å²) in [5.41, 5.74) is 1.52. The van der Waals surface area contributed by atoms with Crippen molar-refractivity contribution in [1.82, 2.24) is 35.2 Å². The largest absolute Gasteiger partial charge is 0.496 e. The van der Waals surface area contributed by atoms with Crippen molar-refractivity contribution in [3.63, 3.8) is 0 Å². The number of fused-ring (bicyclic) bond motifs is 8. The zero-order valence-corrected chi connectivity index (χ0v) is 35.2. The maximum absolute atomic E-state index is 14.7. The van der Waals surface area contributed by atoms with Crippen LogP contribution in [0.3, 0.4) is 0 Å². The summed E-state index contributed by atoms with van der Waals surface area (Å²) in [6, 6.07) is 12.8. The van der Waals surface area contributed by atoms with Crippen LogP contribution < -0.4 is 20.1 Å². The van der Waals surface area contributed by atoms with Crippen molar-refractivity contribution in [1.29, 1.82) is 0 Å². The Bertz CT molecular complexity index is 2220. The molecule has 15 nitrogen and oxygen atoms in total. The number of nitrogens with zero attached hydrogens (tertiary/aromatic N) is 4. The molecular weight excluding hydrogens is 775 g/mol. The molecule has 316 valence electrons. The van der Waals surface area contributed by atoms with Crippen LogP contribution in [0.25, 0.3) is 22.5 Å². The van der Waals surface area contributed by atoms with Crippen molar-refractivity contribution in [3.05, 3.63) is 66.7 Å². The highest BCUT2D eigenvalue weighted by molar-refractivity contribution is 7.91. The lowest BCUT2D eigenvalue weighted by Gasteiger charge is -2.32. The first kappa shape index (κ1) is 41.9. The summed E-state index contributed by atoms with van der Waals surface area (Å²) in [5, 5.41) is 15.1. The van der Waals surface area contributed by atoms with Crippen LogP contribution in [0.4, 0.5) is 4.79 Å². The molecule has 4 amide bonds. The van der Waals surface area contributed by atoms with Crippen LogP contribution in [-0.2, 0) is 35.6 Å². The maximum atomic E-state index is 14.7. The topological polar surface area (TPSA) is 191 Å². The summed E-state index contributed by atoms with van der Waals surface area (Å²) in [6.07, 6.45) is 5.78. The number of rotatable bonds is 9. The number of carbonyl (C=O) groups excluding carboxylic acids is 4. The predicted octanol–water partition coefficient (Wildman–Crippen LogP) is 5.08. The zero-order chi connectivity index (χ0) is 42.3. The number of sulfonamides is 1. The van der Waals surface area contributed by atoms with Gasteiger partial charge in [-0.1, -0.05) is 56.7 Å². The number of hydrogen-bond acceptors (Lipinski definition) is 10. The van der Waals surface area contributed by atoms with Crippen molar-refractivity contribution in [2.75, 3.05) is 13.7 Å². The van der Waals surface area contributed by atoms with Gasteiger partial charge in [0.25, 0.3) is 5.91 Å². The number of aryl methyl sites for hydroxylation is 1. The molecule has 0 unspecified atom stereocenters. The average Bonchev–Trinajstić information content (AvgIpc) is 4.09. The molecule has 1 aromatic heterocycles. The van der Waals surface area contributed by atoms with Crippen LogP contribution in [0.2, 0.25) is 0 Å². The van der Waals surface area contributed by atoms with E-state index in [1.165, 1.54) is 11.0 Å². The van der Waals surface area contributed by atoms with Gasteiger partial charge in [-0.15, -0.1) is 6.58 Å². The number of nitrogens with one attached hydrogen (secondary N) is 3. The van der Waals surface area contributed by atoms with E-state index in [9.17, 15) is 27.6 Å². The van der Waals surface area contributed by atoms with Crippen LogP contribution in [0.1, 0.15) is 90.7 Å². The summed E-state index contributed by atoms with van der Waals surface area (Å²) in [6.45, 7) is 11.1. The molecule has 3 heterocycles. The number of ether oxygens (including phenoxy) is 2. The molecule has 16 heteroatoms. The fraction of sp³-hybridized carbons (Fsp3) is 0.535. The molecule has 59 heavy (non-hydrogen) atoms. The Morgan fingerprint density at radius 2 is 1.75 bits per heavy atom. The second-order valence-electron chi connectivity index (χ2n) is 17.3. The molecule has 0 spiro atoms. The normalized spacial score (nSPS) is 26.0. The third-order valence-corrected chi connectivity index (χ3v) is 13.8. The van der Waals surface area contributed by atoms with E-state index in [4.69, 9.17) is 19.7 Å². The first-order valence-electron chi connectivity index (χ1n) is 20.6. The standard InChI is InChI=1S/C43H55N7O8S/c1-7-30-24-43(30,40(53)48-59(55,56)32-18-19-32)45-38(51)33-23-31-25-49(33)39(52)35(26(2)3)44-41(54)58-42(4,5)21-13-9-12-16-28-22-29(17-20-34(28)57-6)37-36(46-50(31)47-37)27-14-10-8-11-15-27/h7-8,10-11,14-15,17,20,22,26,30-33,35H,1,9,12-13,16,18-19,21,23-25H2,2-6H3,(H,44,54)(H,45,51)(H,48,53)/t30-,31-,33+,35+,43-/m1/s1. The Morgan fingerprint density at radius 1 is 1.03 bits per heavy atom. The maximum Gasteiger partial charge on any atom is 0.408 e. The van der Waals surface area contributed by atoms with Gasteiger partial charge in [-0.25, -0.2) is 13.2 Å². The molecule has 0 radical (unpaired) electrons. The van der Waals surface area contributed by atoms with Crippen LogP contribution in [-0.4, -0.2) is 94.3 Å². The Kier molecular flexibility index (Phi) is 11.7. The molecule has 4 aliphatic rings. The second-order valence-corrected chi connectivity index (χ2v) is 19.2. The van der Waals surface area contributed by atoms with Crippen LogP contribution in [0.5, 0.6) is 5.75 Å². The van der Waals surface area contributed by atoms with Gasteiger partial charge in [-0.05, 0) is 88.5 Å². The number of cyclic esters (lactones) is 1. The number of methoxy groups -OCH3 is 1. The first-order valence-corrected chi connectivity index (χ1v) is 22.1. The van der Waals surface area contributed by atoms with Gasteiger partial charge >= 0.3 is 6.09 Å². The number of benzene rings is 2. The lowest BCUT2D eigenvalue weighted by molar-refractivity contribution is -0.141. The SMILES string of the molecule is C=C[C@@H]1C[C@]1(NC(=O)[C@@H]1C[C@@H]2CN1C(=O)[C@H](C(C)C)NC(=O)OC(C)(C)CCCCCc1cc(ccc1OC)-c1nn2nc1-c1ccccc1)C(=O)NS(=O)(=O)C1CC1. The molecule has 1 saturated heterocycles. The number of alkyl carbamates (subject to hydrolysis) is 1. The van der Waals surface area contributed by atoms with Crippen molar-refractivity contribution in [2.24, 2.45) is 11.8 Å². The van der Waals surface area contributed by atoms with Gasteiger partial charge in [0.1, 0.15) is 40.4 Å². The van der Waals surface area contributed by atoms with E-state index in [0.717, 1.165) is 48.1 Å². The van der Waals surface area contributed by atoms with E-state index < -0.39 is 80.2 Å². The summed E-state index contributed by atoms with van der Waals surface area (Å²) >= 11 is 0. The summed E-state index contributed by atoms with van der Waals surface area (Å²) < 4.78 is 39.5. The van der Waals surface area contributed by atoms with Gasteiger partial charge < -0.3 is 25.0 Å². The Hall–Kier alpha value is -5.25. The minimum absolute atomic E-state index is 0.00127. The summed E-state index contributed by atoms with van der Waals surface area (Å²) in [4.78, 5) is 59.3. The zero-order valence-electron chi connectivity index (χ0n) is 34.4. The molecule has 3 aromatic rings. The van der Waals surface area contributed by atoms with Gasteiger partial charge in [0, 0.05) is 30.0 Å². The molecule has 3 N–H and O–H groups in total. The Balaban J connectivity index is 1.29. The Morgan fingerprint density at radius 3 is 2.39 bits per heavy atom. The highest BCUT2D eigenvalue weighted by atomic mass is 32.2. The summed E-state index contributed by atoms with van der Waals surface area (Å²) in [7, 11) is -2.27. The van der Waals surface area contributed by atoms with Gasteiger partial charge in [-0.2, -0.15) is 15.0 Å². The van der Waals surface area contributed by atoms with Gasteiger partial charge in [0.05, 0.1) is 18.4 Å². The number of carbonyl (C=O) groups is 4. The lowest BCUT2D eigenvalue weighted by atomic mass is 9.97. The molecule has 2 aliphatic heterocycles. The average molecular weight is 830 g/mol. The van der Waals surface area contributed by atoms with Crippen molar-refractivity contribution < 1.29 is 37.1 Å². The second kappa shape index (κ2) is 16.4. The molecule has 3 fully saturated rings. The highest BCUT2D eigenvalue weighted by Crippen LogP contribution is 2.46. The van der Waals surface area contributed by atoms with Crippen LogP contribution in [0.15, 0.2) is 61.2 Å². The minimum atomic E-state index is -3.92. The smallest absolute Gasteiger partial charge is 0.408 e. The molecule has 2 aromatic carbocycles. The van der Waals surface area contributed by atoms with E-state index in [1.807, 2.05) is 56.3 Å². The summed E-state index contributed by atoms with van der Waals surface area (Å²) in [5.74, 6) is -2.18. The van der Waals surface area contributed by atoms with E-state index >= 15 is 0 Å². The van der Waals surface area contributed by atoms with Gasteiger partial charge in [-0.3, -0.25) is 19.1 Å². The number of aromatic nitrogens is 3. The fourth-order valence-corrected chi connectivity index (χ4v) is 9.64. The van der Waals surface area contributed by atoms with Crippen LogP contribution in [0, 0.1) is 11.8 Å². The van der Waals surface area contributed by atoms with Gasteiger partial charge in [0.15, 0.2) is 0 Å². The lowest BCUT2D eigenvalue weighted by Crippen LogP contribution is -2.59. The van der Waals surface area contributed by atoms with Crippen LogP contribution >= 0.6 is 0 Å². The number of amides is 4. The van der Waals surface area contributed by atoms with Crippen molar-refractivity contribution in [3.8, 4) is 28.3 Å². The third-order valence-electron chi connectivity index (χ3n) is 12.0. The molecule has 2 aliphatic carbocycles.